The molecule has 234 valence electrons. The first-order chi connectivity index (χ1) is 22.0. The molecule has 7 nitrogen and oxygen atoms in total. The number of ether oxygens (including phenoxy) is 3. The van der Waals surface area contributed by atoms with Gasteiger partial charge in [-0.2, -0.15) is 0 Å². The predicted molar refractivity (Wildman–Crippen MR) is 175 cm³/mol. The fourth-order valence-electron chi connectivity index (χ4n) is 5.60. The molecule has 7 heteroatoms. The highest BCUT2D eigenvalue weighted by Crippen LogP contribution is 2.42. The summed E-state index contributed by atoms with van der Waals surface area (Å²) in [5, 5.41) is 12.4. The number of aliphatic hydroxyl groups is 1. The molecule has 4 atom stereocenters. The van der Waals surface area contributed by atoms with Gasteiger partial charge in [-0.25, -0.2) is 4.79 Å². The van der Waals surface area contributed by atoms with Crippen molar-refractivity contribution in [3.8, 4) is 0 Å². The van der Waals surface area contributed by atoms with Crippen molar-refractivity contribution in [2.75, 3.05) is 13.2 Å². The van der Waals surface area contributed by atoms with Gasteiger partial charge in [0.1, 0.15) is 6.61 Å². The third kappa shape index (κ3) is 9.12. The highest BCUT2D eigenvalue weighted by atomic mass is 16.7. The highest BCUT2D eigenvalue weighted by molar-refractivity contribution is 5.67. The molecule has 1 saturated heterocycles. The molecule has 5 rings (SSSR count). The minimum atomic E-state index is -0.580. The first-order valence-electron chi connectivity index (χ1n) is 15.4. The number of hydrogen-bond donors (Lipinski definition) is 2. The van der Waals surface area contributed by atoms with Crippen LogP contribution in [-0.2, 0) is 40.5 Å². The zero-order valence-electron chi connectivity index (χ0n) is 25.8. The lowest BCUT2D eigenvalue weighted by atomic mass is 9.89. The number of carbonyl (C=O) groups excluding carboxylic acids is 1. The largest absolute Gasteiger partial charge is 0.445 e. The SMILES string of the molecule is C=CCOC(=O)NCc1ccc(C2OC(CN(Cc3ccccc3)Cc3ccccc3)C(C)C(c3ccc(CO)cc3)O2)cc1. The summed E-state index contributed by atoms with van der Waals surface area (Å²) in [4.78, 5) is 14.3. The molecule has 0 aromatic heterocycles. The van der Waals surface area contributed by atoms with Crippen LogP contribution < -0.4 is 5.32 Å². The van der Waals surface area contributed by atoms with Crippen LogP contribution in [0.5, 0.6) is 0 Å². The van der Waals surface area contributed by atoms with Crippen molar-refractivity contribution in [3.05, 3.63) is 155 Å². The molecule has 1 amide bonds. The maximum atomic E-state index is 11.8. The van der Waals surface area contributed by atoms with E-state index in [2.05, 4.69) is 72.3 Å². The second-order valence-electron chi connectivity index (χ2n) is 11.4. The number of rotatable bonds is 13. The van der Waals surface area contributed by atoms with Crippen LogP contribution >= 0.6 is 0 Å². The van der Waals surface area contributed by atoms with Crippen molar-refractivity contribution in [2.45, 2.75) is 51.7 Å². The Hall–Kier alpha value is -4.27. The van der Waals surface area contributed by atoms with Gasteiger partial charge in [-0.05, 0) is 27.8 Å². The van der Waals surface area contributed by atoms with E-state index in [-0.39, 0.29) is 31.3 Å². The van der Waals surface area contributed by atoms with Crippen molar-refractivity contribution in [1.82, 2.24) is 10.2 Å². The molecule has 1 aliphatic rings. The second kappa shape index (κ2) is 16.2. The number of nitrogens with one attached hydrogen (secondary N) is 1. The fourth-order valence-corrected chi connectivity index (χ4v) is 5.60. The Labute approximate surface area is 266 Å². The van der Waals surface area contributed by atoms with E-state index < -0.39 is 12.4 Å². The van der Waals surface area contributed by atoms with E-state index in [4.69, 9.17) is 14.2 Å². The Kier molecular flexibility index (Phi) is 11.5. The third-order valence-corrected chi connectivity index (χ3v) is 8.08. The van der Waals surface area contributed by atoms with Crippen LogP contribution in [0.25, 0.3) is 0 Å². The lowest BCUT2D eigenvalue weighted by Gasteiger charge is -2.43. The van der Waals surface area contributed by atoms with Gasteiger partial charge in [-0.15, -0.1) is 0 Å². The molecule has 0 saturated carbocycles. The molecule has 4 unspecified atom stereocenters. The number of hydrogen-bond acceptors (Lipinski definition) is 6. The van der Waals surface area contributed by atoms with E-state index in [1.54, 1.807) is 0 Å². The van der Waals surface area contributed by atoms with E-state index in [1.165, 1.54) is 17.2 Å². The molecule has 45 heavy (non-hydrogen) atoms. The first-order valence-corrected chi connectivity index (χ1v) is 15.4. The minimum absolute atomic E-state index is 0.00314. The summed E-state index contributed by atoms with van der Waals surface area (Å²) in [6.45, 7) is 8.55. The van der Waals surface area contributed by atoms with Gasteiger partial charge in [0.05, 0.1) is 18.8 Å². The van der Waals surface area contributed by atoms with Crippen molar-refractivity contribution >= 4 is 6.09 Å². The topological polar surface area (TPSA) is 80.3 Å². The third-order valence-electron chi connectivity index (χ3n) is 8.08. The van der Waals surface area contributed by atoms with Crippen LogP contribution in [0.2, 0.25) is 0 Å². The smallest absolute Gasteiger partial charge is 0.407 e. The summed E-state index contributed by atoms with van der Waals surface area (Å²) in [6, 6.07) is 36.9. The average molecular weight is 607 g/mol. The lowest BCUT2D eigenvalue weighted by Crippen LogP contribution is -2.44. The zero-order valence-corrected chi connectivity index (χ0v) is 25.8. The van der Waals surface area contributed by atoms with Crippen LogP contribution in [0.1, 0.15) is 52.7 Å². The maximum Gasteiger partial charge on any atom is 0.407 e. The number of alkyl carbamates (subject to hydrolysis) is 1. The maximum absolute atomic E-state index is 11.8. The molecule has 0 spiro atoms. The van der Waals surface area contributed by atoms with Crippen LogP contribution in [0, 0.1) is 5.92 Å². The van der Waals surface area contributed by atoms with Crippen molar-refractivity contribution in [3.63, 3.8) is 0 Å². The number of amides is 1. The fraction of sp³-hybridized carbons (Fsp3) is 0.289. The van der Waals surface area contributed by atoms with E-state index in [1.807, 2.05) is 60.7 Å². The predicted octanol–water partition coefficient (Wildman–Crippen LogP) is 7.08. The molecule has 0 bridgehead atoms. The summed E-state index contributed by atoms with van der Waals surface area (Å²) in [5.41, 5.74) is 6.25. The van der Waals surface area contributed by atoms with Crippen LogP contribution in [0.4, 0.5) is 4.79 Å². The Morgan fingerprint density at radius 2 is 1.40 bits per heavy atom. The Morgan fingerprint density at radius 3 is 1.98 bits per heavy atom. The van der Waals surface area contributed by atoms with Crippen LogP contribution in [0.3, 0.4) is 0 Å². The van der Waals surface area contributed by atoms with Gasteiger partial charge < -0.3 is 24.6 Å². The summed E-state index contributed by atoms with van der Waals surface area (Å²) in [5.74, 6) is 0.0559. The van der Waals surface area contributed by atoms with Gasteiger partial charge in [-0.3, -0.25) is 4.90 Å². The van der Waals surface area contributed by atoms with Crippen molar-refractivity contribution in [1.29, 1.82) is 0 Å². The molecule has 0 radical (unpaired) electrons. The minimum Gasteiger partial charge on any atom is -0.445 e. The number of benzene rings is 4. The highest BCUT2D eigenvalue weighted by Gasteiger charge is 2.39. The van der Waals surface area contributed by atoms with E-state index in [0.29, 0.717) is 13.1 Å². The standard InChI is InChI=1S/C38H42N2O5/c1-3-22-43-38(42)39-23-29-14-20-34(21-15-29)37-44-35(28(2)36(45-37)33-18-16-32(27-41)17-19-33)26-40(24-30-10-6-4-7-11-30)25-31-12-8-5-9-13-31/h3-21,28,35-37,41H,1,22-27H2,2H3,(H,39,42). The molecular weight excluding hydrogens is 564 g/mol. The van der Waals surface area contributed by atoms with E-state index in [9.17, 15) is 9.90 Å². The van der Waals surface area contributed by atoms with Crippen molar-refractivity contribution < 1.29 is 24.1 Å². The molecule has 2 N–H and O–H groups in total. The van der Waals surface area contributed by atoms with Crippen molar-refractivity contribution in [2.24, 2.45) is 5.92 Å². The van der Waals surface area contributed by atoms with Gasteiger partial charge in [-0.1, -0.05) is 129 Å². The van der Waals surface area contributed by atoms with E-state index >= 15 is 0 Å². The van der Waals surface area contributed by atoms with Crippen LogP contribution in [-0.4, -0.2) is 35.4 Å². The van der Waals surface area contributed by atoms with Gasteiger partial charge in [0.15, 0.2) is 6.29 Å². The second-order valence-corrected chi connectivity index (χ2v) is 11.4. The normalized spacial score (nSPS) is 19.6. The molecule has 0 aliphatic carbocycles. The molecule has 4 aromatic carbocycles. The lowest BCUT2D eigenvalue weighted by molar-refractivity contribution is -0.276. The van der Waals surface area contributed by atoms with Gasteiger partial charge in [0.2, 0.25) is 0 Å². The number of aliphatic hydroxyl groups excluding tert-OH is 1. The monoisotopic (exact) mass is 606 g/mol. The number of carbonyl (C=O) groups is 1. The number of nitrogens with zero attached hydrogens (tertiary/aromatic N) is 1. The molecular formula is C38H42N2O5. The van der Waals surface area contributed by atoms with Gasteiger partial charge in [0.25, 0.3) is 0 Å². The molecule has 4 aromatic rings. The molecule has 1 fully saturated rings. The zero-order chi connectivity index (χ0) is 31.4. The Morgan fingerprint density at radius 1 is 0.822 bits per heavy atom. The van der Waals surface area contributed by atoms with Gasteiger partial charge in [0, 0.05) is 37.7 Å². The molecule has 1 aliphatic heterocycles. The van der Waals surface area contributed by atoms with Gasteiger partial charge >= 0.3 is 6.09 Å². The summed E-state index contributed by atoms with van der Waals surface area (Å²) >= 11 is 0. The van der Waals surface area contributed by atoms with E-state index in [0.717, 1.165) is 35.3 Å². The average Bonchev–Trinajstić information content (AvgIpc) is 3.08. The Balaban J connectivity index is 1.37. The summed E-state index contributed by atoms with van der Waals surface area (Å²) in [6.07, 6.45) is 0.130. The summed E-state index contributed by atoms with van der Waals surface area (Å²) < 4.78 is 18.4. The quantitative estimate of drug-likeness (QED) is 0.158. The molecule has 1 heterocycles. The van der Waals surface area contributed by atoms with Crippen LogP contribution in [0.15, 0.2) is 122 Å². The summed E-state index contributed by atoms with van der Waals surface area (Å²) in [7, 11) is 0. The first kappa shape index (κ1) is 32.1. The Bertz CT molecular complexity index is 1440.